The van der Waals surface area contributed by atoms with E-state index in [0.29, 0.717) is 11.3 Å². The lowest BCUT2D eigenvalue weighted by Gasteiger charge is -2.22. The predicted molar refractivity (Wildman–Crippen MR) is 77.4 cm³/mol. The van der Waals surface area contributed by atoms with Crippen molar-refractivity contribution in [2.75, 3.05) is 5.32 Å². The highest BCUT2D eigenvalue weighted by atomic mass is 16.3. The molecule has 1 aromatic carbocycles. The van der Waals surface area contributed by atoms with E-state index >= 15 is 0 Å². The van der Waals surface area contributed by atoms with Crippen molar-refractivity contribution in [3.8, 4) is 6.07 Å². The van der Waals surface area contributed by atoms with Crippen molar-refractivity contribution < 1.29 is 9.90 Å². The predicted octanol–water partition coefficient (Wildman–Crippen LogP) is 1.45. The normalized spacial score (nSPS) is 13.2. The van der Waals surface area contributed by atoms with Gasteiger partial charge in [-0.05, 0) is 43.7 Å². The average Bonchev–Trinajstić information content (AvgIpc) is 2.91. The number of nitriles is 1. The first kappa shape index (κ1) is 14.8. The van der Waals surface area contributed by atoms with Gasteiger partial charge in [-0.2, -0.15) is 10.4 Å². The fourth-order valence-electron chi connectivity index (χ4n) is 1.91. The molecule has 2 N–H and O–H groups in total. The van der Waals surface area contributed by atoms with Crippen LogP contribution < -0.4 is 5.32 Å². The third kappa shape index (κ3) is 3.46. The summed E-state index contributed by atoms with van der Waals surface area (Å²) in [6.07, 6.45) is 3.26. The van der Waals surface area contributed by atoms with E-state index in [4.69, 9.17) is 5.26 Å². The number of carbonyl (C=O) groups excluding carboxylic acids is 1. The fourth-order valence-corrected chi connectivity index (χ4v) is 1.91. The molecule has 0 unspecified atom stereocenters. The van der Waals surface area contributed by atoms with Crippen LogP contribution in [0, 0.1) is 18.3 Å². The van der Waals surface area contributed by atoms with Crippen LogP contribution >= 0.6 is 0 Å². The number of nitrogens with zero attached hydrogens (tertiary/aromatic N) is 3. The molecule has 108 valence electrons. The zero-order valence-electron chi connectivity index (χ0n) is 11.9. The summed E-state index contributed by atoms with van der Waals surface area (Å²) in [6.45, 7) is 3.28. The van der Waals surface area contributed by atoms with Crippen molar-refractivity contribution in [1.29, 1.82) is 5.26 Å². The zero-order valence-corrected chi connectivity index (χ0v) is 11.9. The van der Waals surface area contributed by atoms with Crippen molar-refractivity contribution in [3.63, 3.8) is 0 Å². The van der Waals surface area contributed by atoms with Gasteiger partial charge in [0.25, 0.3) is 5.91 Å². The molecular weight excluding hydrogens is 268 g/mol. The molecule has 6 nitrogen and oxygen atoms in total. The SMILES string of the molecule is Cc1cc(NC(=O)[C@@](C)(O)Cn2cccn2)ccc1C#N. The number of benzene rings is 1. The molecule has 0 fully saturated rings. The molecule has 0 aliphatic rings. The third-order valence-corrected chi connectivity index (χ3v) is 3.12. The van der Waals surface area contributed by atoms with Crippen LogP contribution in [0.15, 0.2) is 36.7 Å². The minimum atomic E-state index is -1.59. The number of aryl methyl sites for hydroxylation is 1. The van der Waals surface area contributed by atoms with Crippen molar-refractivity contribution in [1.82, 2.24) is 9.78 Å². The Morgan fingerprint density at radius 1 is 1.57 bits per heavy atom. The summed E-state index contributed by atoms with van der Waals surface area (Å²) in [5, 5.41) is 25.8. The molecule has 1 atom stereocenters. The largest absolute Gasteiger partial charge is 0.378 e. The summed E-state index contributed by atoms with van der Waals surface area (Å²) in [7, 11) is 0. The van der Waals surface area contributed by atoms with E-state index < -0.39 is 11.5 Å². The van der Waals surface area contributed by atoms with E-state index in [-0.39, 0.29) is 6.54 Å². The number of hydrogen-bond donors (Lipinski definition) is 2. The van der Waals surface area contributed by atoms with Gasteiger partial charge in [-0.3, -0.25) is 9.48 Å². The van der Waals surface area contributed by atoms with E-state index in [2.05, 4.69) is 16.5 Å². The summed E-state index contributed by atoms with van der Waals surface area (Å²) < 4.78 is 1.49. The molecule has 0 spiro atoms. The Labute approximate surface area is 122 Å². The number of hydrogen-bond acceptors (Lipinski definition) is 4. The van der Waals surface area contributed by atoms with E-state index in [1.165, 1.54) is 11.6 Å². The van der Waals surface area contributed by atoms with Crippen molar-refractivity contribution >= 4 is 11.6 Å². The Hall–Kier alpha value is -2.65. The van der Waals surface area contributed by atoms with E-state index in [1.54, 1.807) is 43.6 Å². The summed E-state index contributed by atoms with van der Waals surface area (Å²) in [5.74, 6) is -0.526. The first-order valence-corrected chi connectivity index (χ1v) is 6.44. The number of nitrogens with one attached hydrogen (secondary N) is 1. The Morgan fingerprint density at radius 2 is 2.33 bits per heavy atom. The maximum Gasteiger partial charge on any atom is 0.257 e. The number of rotatable bonds is 4. The second-order valence-corrected chi connectivity index (χ2v) is 5.07. The number of carbonyl (C=O) groups is 1. The number of aliphatic hydroxyl groups is 1. The van der Waals surface area contributed by atoms with Crippen LogP contribution in [-0.2, 0) is 11.3 Å². The quantitative estimate of drug-likeness (QED) is 0.889. The Bertz CT molecular complexity index is 684. The van der Waals surface area contributed by atoms with Crippen LogP contribution in [0.4, 0.5) is 5.69 Å². The van der Waals surface area contributed by atoms with E-state index in [9.17, 15) is 9.90 Å². The van der Waals surface area contributed by atoms with Crippen molar-refractivity contribution in [2.24, 2.45) is 0 Å². The van der Waals surface area contributed by atoms with Gasteiger partial charge >= 0.3 is 0 Å². The smallest absolute Gasteiger partial charge is 0.257 e. The van der Waals surface area contributed by atoms with Crippen LogP contribution in [0.5, 0.6) is 0 Å². The first-order chi connectivity index (χ1) is 9.92. The molecule has 0 radical (unpaired) electrons. The Balaban J connectivity index is 2.10. The molecule has 1 heterocycles. The minimum Gasteiger partial charge on any atom is -0.378 e. The number of aromatic nitrogens is 2. The van der Waals surface area contributed by atoms with Gasteiger partial charge in [0.15, 0.2) is 5.60 Å². The van der Waals surface area contributed by atoms with Crippen molar-refractivity contribution in [2.45, 2.75) is 26.0 Å². The molecule has 1 amide bonds. The van der Waals surface area contributed by atoms with Crippen LogP contribution in [0.1, 0.15) is 18.1 Å². The van der Waals surface area contributed by atoms with E-state index in [1.807, 2.05) is 0 Å². The lowest BCUT2D eigenvalue weighted by atomic mass is 10.1. The molecule has 0 bridgehead atoms. The number of amides is 1. The van der Waals surface area contributed by atoms with Crippen LogP contribution in [-0.4, -0.2) is 26.4 Å². The molecular formula is C15H16N4O2. The van der Waals surface area contributed by atoms with Gasteiger partial charge in [-0.1, -0.05) is 0 Å². The second kappa shape index (κ2) is 5.77. The lowest BCUT2D eigenvalue weighted by Crippen LogP contribution is -2.43. The molecule has 2 aromatic rings. The summed E-state index contributed by atoms with van der Waals surface area (Å²) in [6, 6.07) is 8.74. The van der Waals surface area contributed by atoms with Gasteiger partial charge in [-0.15, -0.1) is 0 Å². The first-order valence-electron chi connectivity index (χ1n) is 6.44. The summed E-state index contributed by atoms with van der Waals surface area (Å²) in [4.78, 5) is 12.2. The van der Waals surface area contributed by atoms with Gasteiger partial charge in [0, 0.05) is 18.1 Å². The van der Waals surface area contributed by atoms with Gasteiger partial charge in [-0.25, -0.2) is 0 Å². The van der Waals surface area contributed by atoms with Gasteiger partial charge in [0.2, 0.25) is 0 Å². The maximum atomic E-state index is 12.2. The molecule has 21 heavy (non-hydrogen) atoms. The van der Waals surface area contributed by atoms with Gasteiger partial charge < -0.3 is 10.4 Å². The van der Waals surface area contributed by atoms with Crippen molar-refractivity contribution in [3.05, 3.63) is 47.8 Å². The zero-order chi connectivity index (χ0) is 15.5. The highest BCUT2D eigenvalue weighted by molar-refractivity contribution is 5.96. The molecule has 0 saturated carbocycles. The summed E-state index contributed by atoms with van der Waals surface area (Å²) in [5.41, 5.74) is 0.268. The van der Waals surface area contributed by atoms with Gasteiger partial charge in [0.05, 0.1) is 18.2 Å². The highest BCUT2D eigenvalue weighted by Gasteiger charge is 2.31. The fraction of sp³-hybridized carbons (Fsp3) is 0.267. The monoisotopic (exact) mass is 284 g/mol. The Kier molecular flexibility index (Phi) is 4.05. The Morgan fingerprint density at radius 3 is 2.90 bits per heavy atom. The van der Waals surface area contributed by atoms with Gasteiger partial charge in [0.1, 0.15) is 0 Å². The minimum absolute atomic E-state index is 0.0566. The highest BCUT2D eigenvalue weighted by Crippen LogP contribution is 2.17. The molecule has 1 aromatic heterocycles. The second-order valence-electron chi connectivity index (χ2n) is 5.07. The molecule has 0 saturated heterocycles. The average molecular weight is 284 g/mol. The standard InChI is InChI=1S/C15H16N4O2/c1-11-8-13(5-4-12(11)9-16)18-14(20)15(2,21)10-19-7-3-6-17-19/h3-8,21H,10H2,1-2H3,(H,18,20)/t15-/m0/s1. The molecule has 2 rings (SSSR count). The topological polar surface area (TPSA) is 90.9 Å². The van der Waals surface area contributed by atoms with E-state index in [0.717, 1.165) is 5.56 Å². The lowest BCUT2D eigenvalue weighted by molar-refractivity contribution is -0.133. The third-order valence-electron chi connectivity index (χ3n) is 3.12. The number of anilines is 1. The molecule has 0 aliphatic heterocycles. The summed E-state index contributed by atoms with van der Waals surface area (Å²) >= 11 is 0. The molecule has 6 heteroatoms. The molecule has 0 aliphatic carbocycles. The van der Waals surface area contributed by atoms with Crippen LogP contribution in [0.2, 0.25) is 0 Å². The van der Waals surface area contributed by atoms with Crippen LogP contribution in [0.3, 0.4) is 0 Å². The maximum absolute atomic E-state index is 12.2. The van der Waals surface area contributed by atoms with Crippen LogP contribution in [0.25, 0.3) is 0 Å².